The molecule has 1 aliphatic carbocycles. The Morgan fingerprint density at radius 2 is 2.00 bits per heavy atom. The molecule has 5 heteroatoms. The second kappa shape index (κ2) is 4.99. The van der Waals surface area contributed by atoms with Crippen molar-refractivity contribution >= 4 is 6.01 Å². The van der Waals surface area contributed by atoms with Gasteiger partial charge in [0.2, 0.25) is 5.89 Å². The Bertz CT molecular complexity index is 548. The molecular formula is C14H16FN3O. The van der Waals surface area contributed by atoms with E-state index in [9.17, 15) is 4.39 Å². The average molecular weight is 261 g/mol. The fraction of sp³-hybridized carbons (Fsp3) is 0.429. The lowest BCUT2D eigenvalue weighted by Gasteiger charge is -2.20. The van der Waals surface area contributed by atoms with Gasteiger partial charge in [-0.25, -0.2) is 4.39 Å². The van der Waals surface area contributed by atoms with Gasteiger partial charge < -0.3 is 9.73 Å². The summed E-state index contributed by atoms with van der Waals surface area (Å²) in [6, 6.07) is 6.81. The molecule has 1 aromatic heterocycles. The number of anilines is 1. The van der Waals surface area contributed by atoms with Gasteiger partial charge in [-0.2, -0.15) is 0 Å². The van der Waals surface area contributed by atoms with Gasteiger partial charge in [0.15, 0.2) is 0 Å². The highest BCUT2D eigenvalue weighted by atomic mass is 19.1. The van der Waals surface area contributed by atoms with Crippen molar-refractivity contribution in [3.63, 3.8) is 0 Å². The SMILES string of the molecule is CC(Nc1nnc(C2CCC2)o1)c1ccc(F)cc1. The summed E-state index contributed by atoms with van der Waals surface area (Å²) >= 11 is 0. The molecule has 0 saturated heterocycles. The molecule has 0 amide bonds. The number of rotatable bonds is 4. The molecule has 1 aromatic carbocycles. The van der Waals surface area contributed by atoms with Crippen LogP contribution in [0.1, 0.15) is 49.6 Å². The maximum absolute atomic E-state index is 12.9. The average Bonchev–Trinajstić information content (AvgIpc) is 2.76. The van der Waals surface area contributed by atoms with E-state index in [0.29, 0.717) is 11.9 Å². The Balaban J connectivity index is 1.66. The van der Waals surface area contributed by atoms with Crippen LogP contribution in [0.2, 0.25) is 0 Å². The molecule has 0 spiro atoms. The minimum absolute atomic E-state index is 0.00436. The fourth-order valence-corrected chi connectivity index (χ4v) is 2.13. The summed E-state index contributed by atoms with van der Waals surface area (Å²) in [5.41, 5.74) is 0.977. The molecule has 1 fully saturated rings. The summed E-state index contributed by atoms with van der Waals surface area (Å²) in [5.74, 6) is 0.922. The van der Waals surface area contributed by atoms with Crippen molar-refractivity contribution in [3.8, 4) is 0 Å². The van der Waals surface area contributed by atoms with E-state index in [2.05, 4.69) is 15.5 Å². The molecule has 1 atom stereocenters. The van der Waals surface area contributed by atoms with Crippen molar-refractivity contribution < 1.29 is 8.81 Å². The van der Waals surface area contributed by atoms with Gasteiger partial charge in [0.1, 0.15) is 5.82 Å². The lowest BCUT2D eigenvalue weighted by atomic mass is 9.85. The summed E-state index contributed by atoms with van der Waals surface area (Å²) in [7, 11) is 0. The standard InChI is InChI=1S/C14H16FN3O/c1-9(10-5-7-12(15)8-6-10)16-14-18-17-13(19-14)11-3-2-4-11/h5-9,11H,2-4H2,1H3,(H,16,18). The van der Waals surface area contributed by atoms with E-state index in [-0.39, 0.29) is 11.9 Å². The van der Waals surface area contributed by atoms with Gasteiger partial charge in [-0.1, -0.05) is 23.7 Å². The lowest BCUT2D eigenvalue weighted by Crippen LogP contribution is -2.08. The van der Waals surface area contributed by atoms with Crippen molar-refractivity contribution in [1.29, 1.82) is 0 Å². The first-order chi connectivity index (χ1) is 9.22. The first-order valence-electron chi connectivity index (χ1n) is 6.58. The van der Waals surface area contributed by atoms with Gasteiger partial charge in [-0.15, -0.1) is 5.10 Å². The zero-order chi connectivity index (χ0) is 13.2. The van der Waals surface area contributed by atoms with Crippen LogP contribution in [-0.2, 0) is 0 Å². The van der Waals surface area contributed by atoms with Gasteiger partial charge in [-0.3, -0.25) is 0 Å². The van der Waals surface area contributed by atoms with Crippen LogP contribution in [0.15, 0.2) is 28.7 Å². The number of halogens is 1. The Morgan fingerprint density at radius 3 is 2.63 bits per heavy atom. The number of nitrogens with one attached hydrogen (secondary N) is 1. The zero-order valence-electron chi connectivity index (χ0n) is 10.8. The Hall–Kier alpha value is -1.91. The van der Waals surface area contributed by atoms with Crippen LogP contribution in [0.5, 0.6) is 0 Å². The maximum atomic E-state index is 12.9. The van der Waals surface area contributed by atoms with Crippen molar-refractivity contribution in [2.45, 2.75) is 38.1 Å². The quantitative estimate of drug-likeness (QED) is 0.912. The number of benzene rings is 1. The third-order valence-corrected chi connectivity index (χ3v) is 3.61. The molecule has 1 saturated carbocycles. The monoisotopic (exact) mass is 261 g/mol. The fourth-order valence-electron chi connectivity index (χ4n) is 2.13. The normalized spacial score (nSPS) is 16.9. The van der Waals surface area contributed by atoms with Crippen molar-refractivity contribution in [2.24, 2.45) is 0 Å². The number of hydrogen-bond acceptors (Lipinski definition) is 4. The third-order valence-electron chi connectivity index (χ3n) is 3.61. The highest BCUT2D eigenvalue weighted by Crippen LogP contribution is 2.36. The molecule has 2 aromatic rings. The molecule has 0 radical (unpaired) electrons. The second-order valence-corrected chi connectivity index (χ2v) is 4.99. The molecule has 3 rings (SSSR count). The van der Waals surface area contributed by atoms with E-state index < -0.39 is 0 Å². The van der Waals surface area contributed by atoms with Crippen molar-refractivity contribution in [3.05, 3.63) is 41.5 Å². The minimum atomic E-state index is -0.235. The number of nitrogens with zero attached hydrogens (tertiary/aromatic N) is 2. The molecule has 100 valence electrons. The molecule has 0 aliphatic heterocycles. The summed E-state index contributed by atoms with van der Waals surface area (Å²) in [6.07, 6.45) is 3.51. The van der Waals surface area contributed by atoms with E-state index >= 15 is 0 Å². The zero-order valence-corrected chi connectivity index (χ0v) is 10.8. The van der Waals surface area contributed by atoms with Crippen molar-refractivity contribution in [2.75, 3.05) is 5.32 Å². The number of aromatic nitrogens is 2. The van der Waals surface area contributed by atoms with Crippen LogP contribution < -0.4 is 5.32 Å². The van der Waals surface area contributed by atoms with E-state index in [1.807, 2.05) is 6.92 Å². The molecule has 4 nitrogen and oxygen atoms in total. The van der Waals surface area contributed by atoms with Crippen LogP contribution >= 0.6 is 0 Å². The van der Waals surface area contributed by atoms with Crippen LogP contribution in [0.4, 0.5) is 10.4 Å². The summed E-state index contributed by atoms with van der Waals surface area (Å²) < 4.78 is 18.4. The minimum Gasteiger partial charge on any atom is -0.408 e. The maximum Gasteiger partial charge on any atom is 0.315 e. The smallest absolute Gasteiger partial charge is 0.315 e. The number of hydrogen-bond donors (Lipinski definition) is 1. The summed E-state index contributed by atoms with van der Waals surface area (Å²) in [4.78, 5) is 0. The van der Waals surface area contributed by atoms with Gasteiger partial charge in [0, 0.05) is 5.92 Å². The Labute approximate surface area is 111 Å². The topological polar surface area (TPSA) is 51.0 Å². The molecule has 1 heterocycles. The first-order valence-corrected chi connectivity index (χ1v) is 6.58. The highest BCUT2D eigenvalue weighted by molar-refractivity contribution is 5.28. The van der Waals surface area contributed by atoms with Crippen LogP contribution in [-0.4, -0.2) is 10.2 Å². The summed E-state index contributed by atoms with van der Waals surface area (Å²) in [6.45, 7) is 1.97. The van der Waals surface area contributed by atoms with E-state index in [0.717, 1.165) is 24.3 Å². The van der Waals surface area contributed by atoms with Gasteiger partial charge >= 0.3 is 6.01 Å². The highest BCUT2D eigenvalue weighted by Gasteiger charge is 2.25. The molecule has 0 bridgehead atoms. The molecule has 1 unspecified atom stereocenters. The van der Waals surface area contributed by atoms with Gasteiger partial charge in [0.25, 0.3) is 0 Å². The third kappa shape index (κ3) is 2.59. The lowest BCUT2D eigenvalue weighted by molar-refractivity contribution is 0.338. The van der Waals surface area contributed by atoms with Crippen LogP contribution in [0.25, 0.3) is 0 Å². The largest absolute Gasteiger partial charge is 0.408 e. The van der Waals surface area contributed by atoms with E-state index in [1.54, 1.807) is 12.1 Å². The van der Waals surface area contributed by atoms with Crippen LogP contribution in [0.3, 0.4) is 0 Å². The Kier molecular flexibility index (Phi) is 3.19. The predicted molar refractivity (Wildman–Crippen MR) is 69.3 cm³/mol. The molecular weight excluding hydrogens is 245 g/mol. The first kappa shape index (κ1) is 12.1. The van der Waals surface area contributed by atoms with Crippen molar-refractivity contribution in [1.82, 2.24) is 10.2 Å². The van der Waals surface area contributed by atoms with Crippen LogP contribution in [0, 0.1) is 5.82 Å². The Morgan fingerprint density at radius 1 is 1.26 bits per heavy atom. The van der Waals surface area contributed by atoms with Gasteiger partial charge in [0.05, 0.1) is 6.04 Å². The predicted octanol–water partition coefficient (Wildman–Crippen LogP) is 3.65. The molecule has 1 N–H and O–H groups in total. The second-order valence-electron chi connectivity index (χ2n) is 4.99. The van der Waals surface area contributed by atoms with Gasteiger partial charge in [-0.05, 0) is 37.5 Å². The molecule has 1 aliphatic rings. The van der Waals surface area contributed by atoms with E-state index in [4.69, 9.17) is 4.42 Å². The van der Waals surface area contributed by atoms with E-state index in [1.165, 1.54) is 18.6 Å². The molecule has 19 heavy (non-hydrogen) atoms. The summed E-state index contributed by atoms with van der Waals surface area (Å²) in [5, 5.41) is 11.2.